The van der Waals surface area contributed by atoms with Gasteiger partial charge in [-0.05, 0) is 69.6 Å². The first-order chi connectivity index (χ1) is 13.9. The van der Waals surface area contributed by atoms with Crippen LogP contribution in [-0.4, -0.2) is 54.6 Å². The van der Waals surface area contributed by atoms with E-state index < -0.39 is 0 Å². The molecule has 3 N–H and O–H groups in total. The van der Waals surface area contributed by atoms with Gasteiger partial charge in [0, 0.05) is 43.7 Å². The van der Waals surface area contributed by atoms with Crippen LogP contribution in [0.5, 0.6) is 0 Å². The van der Waals surface area contributed by atoms with Gasteiger partial charge in [0.15, 0.2) is 0 Å². The van der Waals surface area contributed by atoms with Crippen molar-refractivity contribution in [1.29, 1.82) is 0 Å². The summed E-state index contributed by atoms with van der Waals surface area (Å²) in [7, 11) is 2.02. The first kappa shape index (κ1) is 21.0. The van der Waals surface area contributed by atoms with Crippen LogP contribution in [0.25, 0.3) is 0 Å². The van der Waals surface area contributed by atoms with Crippen LogP contribution >= 0.6 is 0 Å². The predicted molar refractivity (Wildman–Crippen MR) is 114 cm³/mol. The van der Waals surface area contributed by atoms with Crippen LogP contribution in [0.3, 0.4) is 0 Å². The maximum atomic E-state index is 13.3. The van der Waals surface area contributed by atoms with Crippen LogP contribution in [0, 0.1) is 23.7 Å². The van der Waals surface area contributed by atoms with Crippen molar-refractivity contribution in [3.05, 3.63) is 0 Å². The maximum Gasteiger partial charge on any atom is 0.315 e. The highest BCUT2D eigenvalue weighted by atomic mass is 16.2. The van der Waals surface area contributed by atoms with E-state index in [2.05, 4.69) is 34.7 Å². The van der Waals surface area contributed by atoms with Gasteiger partial charge in [-0.3, -0.25) is 4.79 Å². The lowest BCUT2D eigenvalue weighted by atomic mass is 9.65. The van der Waals surface area contributed by atoms with Crippen molar-refractivity contribution in [2.75, 3.05) is 13.6 Å². The van der Waals surface area contributed by atoms with Crippen molar-refractivity contribution in [2.24, 2.45) is 23.7 Å². The average molecular weight is 405 g/mol. The number of hydrogen-bond acceptors (Lipinski definition) is 3. The highest BCUT2D eigenvalue weighted by Gasteiger charge is 2.47. The Hall–Kier alpha value is -1.30. The zero-order chi connectivity index (χ0) is 20.5. The number of amides is 3. The second-order valence-corrected chi connectivity index (χ2v) is 10.4. The number of rotatable bonds is 3. The molecule has 4 fully saturated rings. The molecule has 0 radical (unpaired) electrons. The van der Waals surface area contributed by atoms with Gasteiger partial charge in [-0.25, -0.2) is 4.79 Å². The Morgan fingerprint density at radius 3 is 2.48 bits per heavy atom. The molecule has 164 valence electrons. The largest absolute Gasteiger partial charge is 0.342 e. The minimum absolute atomic E-state index is 0.00664. The summed E-state index contributed by atoms with van der Waals surface area (Å²) >= 11 is 0. The number of piperidine rings is 2. The zero-order valence-electron chi connectivity index (χ0n) is 18.5. The molecule has 2 heterocycles. The van der Waals surface area contributed by atoms with Gasteiger partial charge >= 0.3 is 6.03 Å². The monoisotopic (exact) mass is 404 g/mol. The van der Waals surface area contributed by atoms with E-state index >= 15 is 0 Å². The lowest BCUT2D eigenvalue weighted by Crippen LogP contribution is -2.60. The number of nitrogens with zero attached hydrogens (tertiary/aromatic N) is 1. The molecule has 0 spiro atoms. The normalized spacial score (nSPS) is 41.1. The molecule has 0 aromatic carbocycles. The number of nitrogens with one attached hydrogen (secondary N) is 3. The Balaban J connectivity index is 1.37. The fraction of sp³-hybridized carbons (Fsp3) is 0.913. The van der Waals surface area contributed by atoms with Gasteiger partial charge in [0.05, 0.1) is 0 Å². The summed E-state index contributed by atoms with van der Waals surface area (Å²) in [6.45, 7) is 5.54. The van der Waals surface area contributed by atoms with Gasteiger partial charge in [-0.15, -0.1) is 0 Å². The number of urea groups is 1. The fourth-order valence-corrected chi connectivity index (χ4v) is 6.58. The van der Waals surface area contributed by atoms with Crippen LogP contribution in [0.15, 0.2) is 0 Å². The Morgan fingerprint density at radius 1 is 1.00 bits per heavy atom. The smallest absolute Gasteiger partial charge is 0.315 e. The third-order valence-electron chi connectivity index (χ3n) is 8.39. The summed E-state index contributed by atoms with van der Waals surface area (Å²) in [5, 5.41) is 10.0. The molecule has 2 saturated carbocycles. The van der Waals surface area contributed by atoms with E-state index in [9.17, 15) is 9.59 Å². The molecule has 2 aliphatic carbocycles. The van der Waals surface area contributed by atoms with Crippen LogP contribution in [0.1, 0.15) is 71.6 Å². The highest BCUT2D eigenvalue weighted by molar-refractivity contribution is 5.80. The predicted octanol–water partition coefficient (Wildman–Crippen LogP) is 2.88. The highest BCUT2D eigenvalue weighted by Crippen LogP contribution is 2.43. The summed E-state index contributed by atoms with van der Waals surface area (Å²) in [4.78, 5) is 27.8. The van der Waals surface area contributed by atoms with Gasteiger partial charge in [-0.1, -0.05) is 19.8 Å². The molecule has 2 aliphatic heterocycles. The van der Waals surface area contributed by atoms with Crippen molar-refractivity contribution in [3.8, 4) is 0 Å². The lowest BCUT2D eigenvalue weighted by Gasteiger charge is -2.50. The van der Waals surface area contributed by atoms with E-state index in [1.807, 2.05) is 7.05 Å². The minimum atomic E-state index is -0.00664. The Morgan fingerprint density at radius 2 is 1.72 bits per heavy atom. The topological polar surface area (TPSA) is 73.5 Å². The van der Waals surface area contributed by atoms with E-state index in [0.29, 0.717) is 41.8 Å². The minimum Gasteiger partial charge on any atom is -0.342 e. The van der Waals surface area contributed by atoms with Crippen LogP contribution in [0.4, 0.5) is 4.79 Å². The van der Waals surface area contributed by atoms with Crippen LogP contribution < -0.4 is 16.0 Å². The molecule has 29 heavy (non-hydrogen) atoms. The van der Waals surface area contributed by atoms with E-state index in [4.69, 9.17) is 0 Å². The van der Waals surface area contributed by atoms with Crippen molar-refractivity contribution in [1.82, 2.24) is 20.9 Å². The summed E-state index contributed by atoms with van der Waals surface area (Å²) in [6, 6.07) is 1.41. The van der Waals surface area contributed by atoms with Crippen molar-refractivity contribution >= 4 is 11.9 Å². The van der Waals surface area contributed by atoms with Gasteiger partial charge in [0.25, 0.3) is 0 Å². The molecule has 7 unspecified atom stereocenters. The van der Waals surface area contributed by atoms with Crippen LogP contribution in [-0.2, 0) is 4.79 Å². The number of hydrogen-bond donors (Lipinski definition) is 3. The summed E-state index contributed by atoms with van der Waals surface area (Å²) in [6.07, 6.45) is 9.78. The molecule has 7 atom stereocenters. The van der Waals surface area contributed by atoms with Crippen molar-refractivity contribution in [2.45, 2.75) is 95.8 Å². The third-order valence-corrected chi connectivity index (χ3v) is 8.39. The van der Waals surface area contributed by atoms with E-state index in [-0.39, 0.29) is 18.0 Å². The van der Waals surface area contributed by atoms with Gasteiger partial charge in [0.2, 0.25) is 5.91 Å². The zero-order valence-corrected chi connectivity index (χ0v) is 18.5. The quantitative estimate of drug-likeness (QED) is 0.677. The van der Waals surface area contributed by atoms with Gasteiger partial charge in [-0.2, -0.15) is 0 Å². The molecule has 6 heteroatoms. The second-order valence-electron chi connectivity index (χ2n) is 10.4. The molecular weight excluding hydrogens is 364 g/mol. The van der Waals surface area contributed by atoms with Crippen molar-refractivity contribution in [3.63, 3.8) is 0 Å². The SMILES string of the molecule is CC1CC2C(CN1)CC(C1CC(NC(=O)NC3CCCC3)CCC1C)C(=O)N2C. The number of fused-ring (bicyclic) bond motifs is 1. The first-order valence-corrected chi connectivity index (χ1v) is 12.0. The second kappa shape index (κ2) is 8.83. The molecule has 0 aromatic rings. The Bertz CT molecular complexity index is 606. The van der Waals surface area contributed by atoms with Crippen LogP contribution in [0.2, 0.25) is 0 Å². The van der Waals surface area contributed by atoms with Gasteiger partial charge < -0.3 is 20.9 Å². The number of carbonyl (C=O) groups excluding carboxylic acids is 2. The molecular formula is C23H40N4O2. The van der Waals surface area contributed by atoms with E-state index in [1.54, 1.807) is 0 Å². The van der Waals surface area contributed by atoms with Gasteiger partial charge in [0.1, 0.15) is 0 Å². The number of carbonyl (C=O) groups is 2. The Kier molecular flexibility index (Phi) is 6.38. The fourth-order valence-electron chi connectivity index (χ4n) is 6.58. The molecule has 6 nitrogen and oxygen atoms in total. The van der Waals surface area contributed by atoms with Crippen molar-refractivity contribution < 1.29 is 9.59 Å². The maximum absolute atomic E-state index is 13.3. The summed E-state index contributed by atoms with van der Waals surface area (Å²) in [5.41, 5.74) is 0. The molecule has 4 rings (SSSR count). The lowest BCUT2D eigenvalue weighted by molar-refractivity contribution is -0.148. The molecule has 4 aliphatic rings. The number of likely N-dealkylation sites (tertiary alicyclic amines) is 1. The summed E-state index contributed by atoms with van der Waals surface area (Å²) in [5.74, 6) is 1.92. The average Bonchev–Trinajstić information content (AvgIpc) is 3.19. The van der Waals surface area contributed by atoms with E-state index in [0.717, 1.165) is 51.5 Å². The molecule has 2 saturated heterocycles. The first-order valence-electron chi connectivity index (χ1n) is 12.0. The standard InChI is InChI=1S/C23H40N4O2/c1-14-8-9-18(26-23(29)25-17-6-4-5-7-17)12-19(14)20-11-16-13-24-15(2)10-21(16)27(3)22(20)28/h14-21,24H,4-13H2,1-3H3,(H2,25,26,29). The summed E-state index contributed by atoms with van der Waals surface area (Å²) < 4.78 is 0. The Labute approximate surface area is 175 Å². The van der Waals surface area contributed by atoms with E-state index in [1.165, 1.54) is 12.8 Å². The molecule has 0 aromatic heterocycles. The molecule has 3 amide bonds. The third kappa shape index (κ3) is 4.57. The molecule has 0 bridgehead atoms.